The molecule has 0 aromatic heterocycles. The minimum atomic E-state index is -1.13. The maximum atomic E-state index is 12.6. The highest BCUT2D eigenvalue weighted by Gasteiger charge is 2.39. The van der Waals surface area contributed by atoms with E-state index < -0.39 is 23.8 Å². The molecule has 164 valence electrons. The Labute approximate surface area is 187 Å². The summed E-state index contributed by atoms with van der Waals surface area (Å²) in [7, 11) is 0. The van der Waals surface area contributed by atoms with Gasteiger partial charge in [0.15, 0.2) is 0 Å². The average Bonchev–Trinajstić information content (AvgIpc) is 3.24. The number of nitrogens with one attached hydrogen (secondary N) is 1. The van der Waals surface area contributed by atoms with Crippen molar-refractivity contribution in [3.05, 3.63) is 58.5 Å². The van der Waals surface area contributed by atoms with Crippen molar-refractivity contribution < 1.29 is 24.2 Å². The minimum Gasteiger partial charge on any atom is -0.480 e. The number of fused-ring (bicyclic) bond motifs is 2. The molecule has 1 saturated heterocycles. The maximum absolute atomic E-state index is 12.6. The molecule has 1 fully saturated rings. The molecule has 0 spiro atoms. The Bertz CT molecular complexity index is 1130. The van der Waals surface area contributed by atoms with E-state index in [1.165, 1.54) is 4.90 Å². The van der Waals surface area contributed by atoms with Crippen molar-refractivity contribution in [2.24, 2.45) is 11.0 Å². The molecular formula is C21H19N5O5S. The van der Waals surface area contributed by atoms with Crippen LogP contribution in [0.15, 0.2) is 57.4 Å². The third kappa shape index (κ3) is 4.48. The normalized spacial score (nSPS) is 18.6. The monoisotopic (exact) mass is 453 g/mol. The molecule has 0 bridgehead atoms. The van der Waals surface area contributed by atoms with Gasteiger partial charge in [0.05, 0.1) is 16.3 Å². The summed E-state index contributed by atoms with van der Waals surface area (Å²) in [5, 5.41) is 15.4. The topological polar surface area (TPSA) is 145 Å². The fraction of sp³-hybridized carbons (Fsp3) is 0.286. The smallest absolute Gasteiger partial charge is 0.326 e. The number of hydrogen-bond donors (Lipinski definition) is 2. The Hall–Kier alpha value is -3.69. The van der Waals surface area contributed by atoms with Gasteiger partial charge in [-0.3, -0.25) is 9.59 Å². The summed E-state index contributed by atoms with van der Waals surface area (Å²) in [5.74, 6) is -1.07. The Morgan fingerprint density at radius 2 is 2.00 bits per heavy atom. The first kappa shape index (κ1) is 21.5. The van der Waals surface area contributed by atoms with E-state index in [9.17, 15) is 19.5 Å². The molecule has 0 aliphatic carbocycles. The Morgan fingerprint density at radius 3 is 2.78 bits per heavy atom. The molecule has 4 rings (SSSR count). The molecule has 2 aliphatic heterocycles. The SMILES string of the molecule is [N-]=[N+]=NCC1C[C@@H](C(=O)O)N(C(=O)CNC(=O)c2ccc3c(c2)Oc2ccccc2S3)C1. The zero-order valence-electron chi connectivity index (χ0n) is 16.8. The number of azide groups is 1. The number of carbonyl (C=O) groups excluding carboxylic acids is 2. The van der Waals surface area contributed by atoms with Gasteiger partial charge in [-0.15, -0.1) is 0 Å². The predicted octanol–water partition coefficient (Wildman–Crippen LogP) is 3.29. The second-order valence-electron chi connectivity index (χ2n) is 7.41. The van der Waals surface area contributed by atoms with E-state index in [1.807, 2.05) is 24.3 Å². The lowest BCUT2D eigenvalue weighted by molar-refractivity contribution is -0.147. The minimum absolute atomic E-state index is 0.118. The van der Waals surface area contributed by atoms with Gasteiger partial charge in [0.2, 0.25) is 5.91 Å². The molecule has 1 unspecified atom stereocenters. The number of aliphatic carboxylic acids is 1. The maximum Gasteiger partial charge on any atom is 0.326 e. The molecule has 10 nitrogen and oxygen atoms in total. The van der Waals surface area contributed by atoms with Crippen molar-refractivity contribution >= 4 is 29.5 Å². The van der Waals surface area contributed by atoms with Crippen LogP contribution in [0.5, 0.6) is 11.5 Å². The number of carbonyl (C=O) groups is 3. The third-order valence-electron chi connectivity index (χ3n) is 5.29. The largest absolute Gasteiger partial charge is 0.480 e. The molecule has 2 aromatic carbocycles. The molecular weight excluding hydrogens is 434 g/mol. The van der Waals surface area contributed by atoms with E-state index in [-0.39, 0.29) is 32.0 Å². The fourth-order valence-electron chi connectivity index (χ4n) is 3.75. The van der Waals surface area contributed by atoms with Crippen LogP contribution in [0.1, 0.15) is 16.8 Å². The molecule has 2 aromatic rings. The van der Waals surface area contributed by atoms with Gasteiger partial charge >= 0.3 is 5.97 Å². The van der Waals surface area contributed by atoms with E-state index in [0.717, 1.165) is 9.79 Å². The van der Waals surface area contributed by atoms with Crippen molar-refractivity contribution in [3.63, 3.8) is 0 Å². The van der Waals surface area contributed by atoms with Crippen molar-refractivity contribution in [2.75, 3.05) is 19.6 Å². The number of benzene rings is 2. The number of para-hydroxylation sites is 1. The number of likely N-dealkylation sites (tertiary alicyclic amines) is 1. The van der Waals surface area contributed by atoms with Gasteiger partial charge in [-0.25, -0.2) is 4.79 Å². The van der Waals surface area contributed by atoms with Gasteiger partial charge in [-0.05, 0) is 48.2 Å². The van der Waals surface area contributed by atoms with Crippen LogP contribution in [0.2, 0.25) is 0 Å². The number of ether oxygens (including phenoxy) is 1. The van der Waals surface area contributed by atoms with Crippen molar-refractivity contribution in [1.82, 2.24) is 10.2 Å². The van der Waals surface area contributed by atoms with Crippen LogP contribution < -0.4 is 10.1 Å². The van der Waals surface area contributed by atoms with Crippen LogP contribution in [0.3, 0.4) is 0 Å². The highest BCUT2D eigenvalue weighted by Crippen LogP contribution is 2.46. The van der Waals surface area contributed by atoms with Gasteiger partial charge in [0, 0.05) is 23.6 Å². The summed E-state index contributed by atoms with van der Waals surface area (Å²) in [6.07, 6.45) is 0.204. The highest BCUT2D eigenvalue weighted by atomic mass is 32.2. The molecule has 11 heteroatoms. The summed E-state index contributed by atoms with van der Waals surface area (Å²) >= 11 is 1.54. The number of carboxylic acids is 1. The van der Waals surface area contributed by atoms with E-state index in [1.54, 1.807) is 30.0 Å². The summed E-state index contributed by atoms with van der Waals surface area (Å²) < 4.78 is 5.88. The van der Waals surface area contributed by atoms with Crippen LogP contribution in [-0.2, 0) is 9.59 Å². The number of rotatable bonds is 6. The number of amides is 2. The standard InChI is InChI=1S/C21H19N5O5S/c22-25-24-9-12-7-14(21(29)30)26(11-12)19(27)10-23-20(28)13-5-6-18-16(8-13)31-15-3-1-2-4-17(15)32-18/h1-6,8,12,14H,7,9-11H2,(H,23,28)(H,29,30)/t12?,14-/m0/s1. The molecule has 2 aliphatic rings. The van der Waals surface area contributed by atoms with Gasteiger partial charge < -0.3 is 20.1 Å². The van der Waals surface area contributed by atoms with Crippen LogP contribution in [0.4, 0.5) is 0 Å². The molecule has 0 radical (unpaired) electrons. The lowest BCUT2D eigenvalue weighted by atomic mass is 10.1. The van der Waals surface area contributed by atoms with Crippen molar-refractivity contribution in [2.45, 2.75) is 22.3 Å². The quantitative estimate of drug-likeness (QED) is 0.333. The van der Waals surface area contributed by atoms with Crippen LogP contribution in [0, 0.1) is 5.92 Å². The number of hydrogen-bond acceptors (Lipinski definition) is 6. The lowest BCUT2D eigenvalue weighted by Gasteiger charge is -2.22. The molecule has 0 saturated carbocycles. The Kier molecular flexibility index (Phi) is 6.20. The van der Waals surface area contributed by atoms with Crippen molar-refractivity contribution in [1.29, 1.82) is 0 Å². The predicted molar refractivity (Wildman–Crippen MR) is 115 cm³/mol. The molecule has 32 heavy (non-hydrogen) atoms. The zero-order chi connectivity index (χ0) is 22.7. The van der Waals surface area contributed by atoms with Crippen LogP contribution in [0.25, 0.3) is 10.4 Å². The molecule has 2 heterocycles. The first-order valence-electron chi connectivity index (χ1n) is 9.86. The highest BCUT2D eigenvalue weighted by molar-refractivity contribution is 7.99. The number of nitrogens with zero attached hydrogens (tertiary/aromatic N) is 4. The Morgan fingerprint density at radius 1 is 1.22 bits per heavy atom. The van der Waals surface area contributed by atoms with E-state index in [4.69, 9.17) is 10.3 Å². The average molecular weight is 453 g/mol. The third-order valence-corrected chi connectivity index (χ3v) is 6.41. The summed E-state index contributed by atoms with van der Waals surface area (Å²) in [4.78, 5) is 42.5. The van der Waals surface area contributed by atoms with E-state index in [2.05, 4.69) is 15.3 Å². The van der Waals surface area contributed by atoms with Gasteiger partial charge in [-0.1, -0.05) is 29.0 Å². The fourth-order valence-corrected chi connectivity index (χ4v) is 4.68. The van der Waals surface area contributed by atoms with Crippen LogP contribution >= 0.6 is 11.8 Å². The first-order chi connectivity index (χ1) is 15.5. The van der Waals surface area contributed by atoms with Crippen molar-refractivity contribution in [3.8, 4) is 11.5 Å². The van der Waals surface area contributed by atoms with E-state index >= 15 is 0 Å². The van der Waals surface area contributed by atoms with Gasteiger partial charge in [-0.2, -0.15) is 0 Å². The van der Waals surface area contributed by atoms with Gasteiger partial charge in [0.1, 0.15) is 17.5 Å². The molecule has 2 N–H and O–H groups in total. The number of carboxylic acid groups (broad SMARTS) is 1. The van der Waals surface area contributed by atoms with E-state index in [0.29, 0.717) is 17.1 Å². The first-order valence-corrected chi connectivity index (χ1v) is 10.7. The molecule has 2 atom stereocenters. The summed E-state index contributed by atoms with van der Waals surface area (Å²) in [6.45, 7) is -0.0624. The lowest BCUT2D eigenvalue weighted by Crippen LogP contribution is -2.45. The molecule has 2 amide bonds. The second-order valence-corrected chi connectivity index (χ2v) is 8.49. The van der Waals surface area contributed by atoms with Gasteiger partial charge in [0.25, 0.3) is 5.91 Å². The zero-order valence-corrected chi connectivity index (χ0v) is 17.6. The summed E-state index contributed by atoms with van der Waals surface area (Å²) in [6, 6.07) is 11.6. The summed E-state index contributed by atoms with van der Waals surface area (Å²) in [5.41, 5.74) is 8.78. The van der Waals surface area contributed by atoms with Crippen LogP contribution in [-0.4, -0.2) is 53.5 Å². The Balaban J connectivity index is 1.39. The second kappa shape index (κ2) is 9.21.